The summed E-state index contributed by atoms with van der Waals surface area (Å²) in [5.41, 5.74) is 0.468. The summed E-state index contributed by atoms with van der Waals surface area (Å²) in [5.74, 6) is 0.671. The molecule has 2 aromatic rings. The van der Waals surface area contributed by atoms with Gasteiger partial charge in [0.15, 0.2) is 0 Å². The van der Waals surface area contributed by atoms with Crippen molar-refractivity contribution >= 4 is 21.6 Å². The maximum absolute atomic E-state index is 13.1. The fourth-order valence-corrected chi connectivity index (χ4v) is 4.98. The number of hydrogen-bond acceptors (Lipinski definition) is 5. The molecule has 1 atom stereocenters. The Kier molecular flexibility index (Phi) is 6.21. The molecule has 0 spiro atoms. The van der Waals surface area contributed by atoms with Crippen LogP contribution in [0.2, 0.25) is 0 Å². The van der Waals surface area contributed by atoms with E-state index in [1.165, 1.54) is 11.4 Å². The number of hydrogen-bond donors (Lipinski definition) is 1. The van der Waals surface area contributed by atoms with Crippen LogP contribution in [0.25, 0.3) is 0 Å². The molecule has 1 fully saturated rings. The topological polar surface area (TPSA) is 84.9 Å². The Morgan fingerprint density at radius 2 is 1.82 bits per heavy atom. The lowest BCUT2D eigenvalue weighted by molar-refractivity contribution is -0.120. The summed E-state index contributed by atoms with van der Waals surface area (Å²) in [6.45, 7) is 0.315. The fourth-order valence-electron chi connectivity index (χ4n) is 3.30. The van der Waals surface area contributed by atoms with Crippen LogP contribution in [-0.4, -0.2) is 45.4 Å². The highest BCUT2D eigenvalue weighted by molar-refractivity contribution is 7.89. The van der Waals surface area contributed by atoms with E-state index in [1.807, 2.05) is 0 Å². The highest BCUT2D eigenvalue weighted by atomic mass is 32.2. The molecule has 3 rings (SSSR count). The quantitative estimate of drug-likeness (QED) is 0.800. The third-order valence-corrected chi connectivity index (χ3v) is 6.70. The molecule has 0 aromatic heterocycles. The number of nitrogens with zero attached hydrogens (tertiary/aromatic N) is 1. The molecule has 0 radical (unpaired) electrons. The van der Waals surface area contributed by atoms with E-state index in [-0.39, 0.29) is 10.8 Å². The molecule has 1 aliphatic heterocycles. The maximum Gasteiger partial charge on any atom is 0.243 e. The molecule has 0 unspecified atom stereocenters. The van der Waals surface area contributed by atoms with E-state index in [0.717, 1.165) is 12.8 Å². The molecule has 1 aliphatic rings. The highest BCUT2D eigenvalue weighted by Gasteiger charge is 2.37. The lowest BCUT2D eigenvalue weighted by Crippen LogP contribution is -2.49. The second-order valence-electron chi connectivity index (χ2n) is 6.50. The van der Waals surface area contributed by atoms with Gasteiger partial charge in [-0.05, 0) is 37.1 Å². The van der Waals surface area contributed by atoms with Crippen LogP contribution in [0.4, 0.5) is 5.69 Å². The van der Waals surface area contributed by atoms with Crippen LogP contribution in [-0.2, 0) is 14.8 Å². The minimum atomic E-state index is -3.75. The summed E-state index contributed by atoms with van der Waals surface area (Å²) in [5, 5.41) is 2.81. The zero-order valence-electron chi connectivity index (χ0n) is 15.9. The van der Waals surface area contributed by atoms with Gasteiger partial charge < -0.3 is 14.8 Å². The predicted molar refractivity (Wildman–Crippen MR) is 106 cm³/mol. The standard InChI is InChI=1S/C20H24N2O5S/c1-26-15-11-12-17(19(14-15)27-2)21-20(23)18-10-6-7-13-22(18)28(24,25)16-8-4-3-5-9-16/h3-5,8-9,11-12,14,18H,6-7,10,13H2,1-2H3,(H,21,23)/t18-/m1/s1. The van der Waals surface area contributed by atoms with Gasteiger partial charge in [-0.3, -0.25) is 4.79 Å². The number of benzene rings is 2. The van der Waals surface area contributed by atoms with E-state index in [4.69, 9.17) is 9.47 Å². The van der Waals surface area contributed by atoms with Crippen LogP contribution in [0.1, 0.15) is 19.3 Å². The smallest absolute Gasteiger partial charge is 0.243 e. The van der Waals surface area contributed by atoms with Gasteiger partial charge in [-0.1, -0.05) is 24.6 Å². The minimum Gasteiger partial charge on any atom is -0.497 e. The molecule has 1 N–H and O–H groups in total. The van der Waals surface area contributed by atoms with Crippen molar-refractivity contribution < 1.29 is 22.7 Å². The maximum atomic E-state index is 13.1. The molecule has 2 aromatic carbocycles. The Balaban J connectivity index is 1.85. The fraction of sp³-hybridized carbons (Fsp3) is 0.350. The molecule has 8 heteroatoms. The number of piperidine rings is 1. The summed E-state index contributed by atoms with van der Waals surface area (Å²) >= 11 is 0. The van der Waals surface area contributed by atoms with Gasteiger partial charge >= 0.3 is 0 Å². The van der Waals surface area contributed by atoms with E-state index in [1.54, 1.807) is 55.6 Å². The Morgan fingerprint density at radius 3 is 2.50 bits per heavy atom. The number of amides is 1. The number of carbonyl (C=O) groups is 1. The van der Waals surface area contributed by atoms with Gasteiger partial charge in [-0.2, -0.15) is 4.31 Å². The summed E-state index contributed by atoms with van der Waals surface area (Å²) in [7, 11) is -0.713. The third-order valence-electron chi connectivity index (χ3n) is 4.77. The van der Waals surface area contributed by atoms with Crippen molar-refractivity contribution in [2.75, 3.05) is 26.1 Å². The molecule has 7 nitrogen and oxygen atoms in total. The monoisotopic (exact) mass is 404 g/mol. The first-order valence-electron chi connectivity index (χ1n) is 9.07. The van der Waals surface area contributed by atoms with Crippen LogP contribution in [0.5, 0.6) is 11.5 Å². The normalized spacial score (nSPS) is 17.7. The first-order chi connectivity index (χ1) is 13.5. The molecule has 150 valence electrons. The molecule has 0 aliphatic carbocycles. The van der Waals surface area contributed by atoms with E-state index >= 15 is 0 Å². The molecule has 1 heterocycles. The van der Waals surface area contributed by atoms with E-state index < -0.39 is 16.1 Å². The molecular weight excluding hydrogens is 380 g/mol. The summed E-state index contributed by atoms with van der Waals surface area (Å²) in [4.78, 5) is 13.2. The molecular formula is C20H24N2O5S. The number of rotatable bonds is 6. The Hall–Kier alpha value is -2.58. The van der Waals surface area contributed by atoms with Gasteiger partial charge in [-0.15, -0.1) is 0 Å². The van der Waals surface area contributed by atoms with Crippen LogP contribution >= 0.6 is 0 Å². The predicted octanol–water partition coefficient (Wildman–Crippen LogP) is 2.89. The number of nitrogens with one attached hydrogen (secondary N) is 1. The number of sulfonamides is 1. The number of carbonyl (C=O) groups excluding carboxylic acids is 1. The first-order valence-corrected chi connectivity index (χ1v) is 10.5. The Bertz CT molecular complexity index is 931. The number of methoxy groups -OCH3 is 2. The number of anilines is 1. The van der Waals surface area contributed by atoms with Gasteiger partial charge in [0.1, 0.15) is 17.5 Å². The lowest BCUT2D eigenvalue weighted by atomic mass is 10.0. The van der Waals surface area contributed by atoms with Gasteiger partial charge in [-0.25, -0.2) is 8.42 Å². The summed E-state index contributed by atoms with van der Waals surface area (Å²) in [6, 6.07) is 12.5. The van der Waals surface area contributed by atoms with Gasteiger partial charge in [0.25, 0.3) is 0 Å². The summed E-state index contributed by atoms with van der Waals surface area (Å²) < 4.78 is 37.9. The van der Waals surface area contributed by atoms with Crippen molar-refractivity contribution in [3.8, 4) is 11.5 Å². The van der Waals surface area contributed by atoms with Gasteiger partial charge in [0, 0.05) is 12.6 Å². The van der Waals surface area contributed by atoms with Gasteiger partial charge in [0.05, 0.1) is 24.8 Å². The highest BCUT2D eigenvalue weighted by Crippen LogP contribution is 2.31. The van der Waals surface area contributed by atoms with E-state index in [0.29, 0.717) is 30.2 Å². The van der Waals surface area contributed by atoms with Crippen molar-refractivity contribution in [3.63, 3.8) is 0 Å². The molecule has 28 heavy (non-hydrogen) atoms. The van der Waals surface area contributed by atoms with Crippen molar-refractivity contribution in [1.29, 1.82) is 0 Å². The average molecular weight is 404 g/mol. The largest absolute Gasteiger partial charge is 0.497 e. The zero-order valence-corrected chi connectivity index (χ0v) is 16.7. The van der Waals surface area contributed by atoms with E-state index in [9.17, 15) is 13.2 Å². The second-order valence-corrected chi connectivity index (χ2v) is 8.39. The van der Waals surface area contributed by atoms with Crippen molar-refractivity contribution in [2.45, 2.75) is 30.2 Å². The SMILES string of the molecule is COc1ccc(NC(=O)[C@H]2CCCCN2S(=O)(=O)c2ccccc2)c(OC)c1. The molecule has 0 bridgehead atoms. The van der Waals surface area contributed by atoms with Crippen LogP contribution < -0.4 is 14.8 Å². The Labute approximate surface area is 165 Å². The van der Waals surface area contributed by atoms with Crippen molar-refractivity contribution in [2.24, 2.45) is 0 Å². The van der Waals surface area contributed by atoms with Crippen LogP contribution in [0.15, 0.2) is 53.4 Å². The van der Waals surface area contributed by atoms with Crippen molar-refractivity contribution in [1.82, 2.24) is 4.31 Å². The van der Waals surface area contributed by atoms with Crippen LogP contribution in [0.3, 0.4) is 0 Å². The lowest BCUT2D eigenvalue weighted by Gasteiger charge is -2.33. The average Bonchev–Trinajstić information content (AvgIpc) is 2.74. The van der Waals surface area contributed by atoms with Crippen LogP contribution in [0, 0.1) is 0 Å². The molecule has 0 saturated carbocycles. The molecule has 1 saturated heterocycles. The first kappa shape index (κ1) is 20.2. The number of ether oxygens (including phenoxy) is 2. The third kappa shape index (κ3) is 4.13. The second kappa shape index (κ2) is 8.62. The zero-order chi connectivity index (χ0) is 20.1. The Morgan fingerprint density at radius 1 is 1.07 bits per heavy atom. The summed E-state index contributed by atoms with van der Waals surface area (Å²) in [6.07, 6.45) is 1.98. The molecule has 1 amide bonds. The van der Waals surface area contributed by atoms with Crippen molar-refractivity contribution in [3.05, 3.63) is 48.5 Å². The minimum absolute atomic E-state index is 0.191. The van der Waals surface area contributed by atoms with E-state index in [2.05, 4.69) is 5.32 Å². The van der Waals surface area contributed by atoms with Gasteiger partial charge in [0.2, 0.25) is 15.9 Å².